The molecule has 2 amide bonds. The lowest BCUT2D eigenvalue weighted by Crippen LogP contribution is -2.53. The van der Waals surface area contributed by atoms with Crippen molar-refractivity contribution in [1.29, 1.82) is 0 Å². The Balaban J connectivity index is 2.22. The third kappa shape index (κ3) is 4.15. The summed E-state index contributed by atoms with van der Waals surface area (Å²) in [6.45, 7) is 9.23. The van der Waals surface area contributed by atoms with E-state index in [9.17, 15) is 9.59 Å². The van der Waals surface area contributed by atoms with Gasteiger partial charge in [0.05, 0.1) is 5.69 Å². The van der Waals surface area contributed by atoms with Crippen molar-refractivity contribution < 1.29 is 19.1 Å². The van der Waals surface area contributed by atoms with Crippen LogP contribution in [-0.2, 0) is 9.53 Å². The lowest BCUT2D eigenvalue weighted by atomic mass is 10.2. The standard InChI is InChI=1S/C17H24N2O4/c1-11(2)19-13-8-6-7-9-14(13)22-10-12(15(19)20)18-16(21)23-17(3,4)5/h6-9,11-12H,10H2,1-5H3,(H,18,21)/t12-/m0/s1. The van der Waals surface area contributed by atoms with Crippen molar-refractivity contribution >= 4 is 17.7 Å². The van der Waals surface area contributed by atoms with Gasteiger partial charge in [0.1, 0.15) is 24.0 Å². The number of carbonyl (C=O) groups is 2. The van der Waals surface area contributed by atoms with Crippen LogP contribution in [0.5, 0.6) is 5.75 Å². The SMILES string of the molecule is CC(C)N1C(=O)[C@@H](NC(=O)OC(C)(C)C)COc2ccccc21. The first-order valence-corrected chi connectivity index (χ1v) is 7.73. The third-order valence-corrected chi connectivity index (χ3v) is 3.27. The number of hydrogen-bond donors (Lipinski definition) is 1. The van der Waals surface area contributed by atoms with Gasteiger partial charge in [0.15, 0.2) is 0 Å². The van der Waals surface area contributed by atoms with E-state index in [-0.39, 0.29) is 18.6 Å². The molecule has 2 rings (SSSR count). The smallest absolute Gasteiger partial charge is 0.408 e. The molecule has 0 aromatic heterocycles. The molecule has 0 radical (unpaired) electrons. The fourth-order valence-corrected chi connectivity index (χ4v) is 2.40. The van der Waals surface area contributed by atoms with Gasteiger partial charge in [-0.25, -0.2) is 4.79 Å². The topological polar surface area (TPSA) is 67.9 Å². The zero-order chi connectivity index (χ0) is 17.2. The Bertz CT molecular complexity index is 593. The van der Waals surface area contributed by atoms with Gasteiger partial charge in [0.25, 0.3) is 5.91 Å². The van der Waals surface area contributed by atoms with E-state index in [1.807, 2.05) is 38.1 Å². The monoisotopic (exact) mass is 320 g/mol. The predicted octanol–water partition coefficient (Wildman–Crippen LogP) is 2.71. The van der Waals surface area contributed by atoms with Gasteiger partial charge in [0, 0.05) is 6.04 Å². The van der Waals surface area contributed by atoms with Crippen LogP contribution < -0.4 is 15.0 Å². The maximum Gasteiger partial charge on any atom is 0.408 e. The molecule has 1 aromatic rings. The average molecular weight is 320 g/mol. The molecule has 0 aliphatic carbocycles. The Morgan fingerprint density at radius 3 is 2.61 bits per heavy atom. The molecular weight excluding hydrogens is 296 g/mol. The molecule has 1 aromatic carbocycles. The van der Waals surface area contributed by atoms with Crippen LogP contribution in [0.15, 0.2) is 24.3 Å². The van der Waals surface area contributed by atoms with E-state index in [0.29, 0.717) is 11.4 Å². The second kappa shape index (κ2) is 6.48. The number of benzene rings is 1. The molecule has 23 heavy (non-hydrogen) atoms. The molecule has 0 unspecified atom stereocenters. The molecule has 0 bridgehead atoms. The first-order chi connectivity index (χ1) is 10.7. The molecule has 6 nitrogen and oxygen atoms in total. The molecule has 0 saturated heterocycles. The van der Waals surface area contributed by atoms with Crippen LogP contribution in [0.25, 0.3) is 0 Å². The van der Waals surface area contributed by atoms with Gasteiger partial charge in [0.2, 0.25) is 0 Å². The Labute approximate surface area is 136 Å². The summed E-state index contributed by atoms with van der Waals surface area (Å²) in [6, 6.07) is 6.50. The summed E-state index contributed by atoms with van der Waals surface area (Å²) in [5.74, 6) is 0.416. The van der Waals surface area contributed by atoms with Crippen LogP contribution in [0.2, 0.25) is 0 Å². The minimum atomic E-state index is -0.792. The van der Waals surface area contributed by atoms with E-state index in [4.69, 9.17) is 9.47 Å². The Morgan fingerprint density at radius 1 is 1.35 bits per heavy atom. The Morgan fingerprint density at radius 2 is 2.00 bits per heavy atom. The highest BCUT2D eigenvalue weighted by molar-refractivity contribution is 6.01. The lowest BCUT2D eigenvalue weighted by Gasteiger charge is -2.28. The molecule has 0 fully saturated rings. The largest absolute Gasteiger partial charge is 0.489 e. The van der Waals surface area contributed by atoms with Crippen molar-refractivity contribution in [3.8, 4) is 5.75 Å². The van der Waals surface area contributed by atoms with E-state index in [0.717, 1.165) is 0 Å². The van der Waals surface area contributed by atoms with Crippen LogP contribution in [-0.4, -0.2) is 36.3 Å². The zero-order valence-corrected chi connectivity index (χ0v) is 14.3. The molecule has 1 N–H and O–H groups in total. The summed E-state index contributed by atoms with van der Waals surface area (Å²) in [7, 11) is 0. The van der Waals surface area contributed by atoms with Crippen molar-refractivity contribution in [1.82, 2.24) is 5.32 Å². The van der Waals surface area contributed by atoms with Crippen molar-refractivity contribution in [2.24, 2.45) is 0 Å². The van der Waals surface area contributed by atoms with Gasteiger partial charge in [-0.05, 0) is 46.8 Å². The molecule has 1 aliphatic heterocycles. The number of anilines is 1. The summed E-state index contributed by atoms with van der Waals surface area (Å²) < 4.78 is 10.9. The molecule has 6 heteroatoms. The normalized spacial score (nSPS) is 18.1. The minimum Gasteiger partial charge on any atom is -0.489 e. The van der Waals surface area contributed by atoms with Gasteiger partial charge in [-0.1, -0.05) is 12.1 Å². The van der Waals surface area contributed by atoms with Crippen LogP contribution in [0.4, 0.5) is 10.5 Å². The number of para-hydroxylation sites is 2. The molecular formula is C17H24N2O4. The fraction of sp³-hybridized carbons (Fsp3) is 0.529. The maximum absolute atomic E-state index is 12.8. The number of nitrogens with zero attached hydrogens (tertiary/aromatic N) is 1. The molecule has 1 aliphatic rings. The summed E-state index contributed by atoms with van der Waals surface area (Å²) >= 11 is 0. The van der Waals surface area contributed by atoms with Crippen molar-refractivity contribution in [3.63, 3.8) is 0 Å². The zero-order valence-electron chi connectivity index (χ0n) is 14.3. The van der Waals surface area contributed by atoms with E-state index in [1.54, 1.807) is 25.7 Å². The van der Waals surface area contributed by atoms with Crippen LogP contribution in [0.1, 0.15) is 34.6 Å². The minimum absolute atomic E-state index is 0.0618. The molecule has 1 atom stereocenters. The number of amides is 2. The van der Waals surface area contributed by atoms with Crippen LogP contribution in [0.3, 0.4) is 0 Å². The van der Waals surface area contributed by atoms with Crippen molar-refractivity contribution in [2.75, 3.05) is 11.5 Å². The molecule has 0 saturated carbocycles. The molecule has 1 heterocycles. The first-order valence-electron chi connectivity index (χ1n) is 7.73. The highest BCUT2D eigenvalue weighted by atomic mass is 16.6. The number of rotatable bonds is 2. The Kier molecular flexibility index (Phi) is 4.82. The van der Waals surface area contributed by atoms with Gasteiger partial charge >= 0.3 is 6.09 Å². The molecule has 126 valence electrons. The van der Waals surface area contributed by atoms with Gasteiger partial charge in [-0.3, -0.25) is 4.79 Å². The fourth-order valence-electron chi connectivity index (χ4n) is 2.40. The van der Waals surface area contributed by atoms with E-state index >= 15 is 0 Å². The van der Waals surface area contributed by atoms with E-state index in [2.05, 4.69) is 5.32 Å². The summed E-state index contributed by atoms with van der Waals surface area (Å²) in [4.78, 5) is 26.4. The van der Waals surface area contributed by atoms with Crippen LogP contribution >= 0.6 is 0 Å². The number of carbonyl (C=O) groups excluding carboxylic acids is 2. The van der Waals surface area contributed by atoms with E-state index < -0.39 is 17.7 Å². The van der Waals surface area contributed by atoms with Crippen molar-refractivity contribution in [3.05, 3.63) is 24.3 Å². The van der Waals surface area contributed by atoms with Crippen molar-refractivity contribution in [2.45, 2.75) is 52.3 Å². The summed E-state index contributed by atoms with van der Waals surface area (Å²) in [5, 5.41) is 2.61. The number of ether oxygens (including phenoxy) is 2. The summed E-state index contributed by atoms with van der Waals surface area (Å²) in [6.07, 6.45) is -0.630. The van der Waals surface area contributed by atoms with Gasteiger partial charge in [-0.15, -0.1) is 0 Å². The highest BCUT2D eigenvalue weighted by Crippen LogP contribution is 2.32. The quantitative estimate of drug-likeness (QED) is 0.910. The number of nitrogens with one attached hydrogen (secondary N) is 1. The number of fused-ring (bicyclic) bond motifs is 1. The van der Waals surface area contributed by atoms with E-state index in [1.165, 1.54) is 0 Å². The lowest BCUT2D eigenvalue weighted by molar-refractivity contribution is -0.121. The van der Waals surface area contributed by atoms with Gasteiger partial charge < -0.3 is 19.7 Å². The molecule has 0 spiro atoms. The maximum atomic E-state index is 12.8. The predicted molar refractivity (Wildman–Crippen MR) is 87.7 cm³/mol. The van der Waals surface area contributed by atoms with Gasteiger partial charge in [-0.2, -0.15) is 0 Å². The first kappa shape index (κ1) is 17.1. The number of alkyl carbamates (subject to hydrolysis) is 1. The second-order valence-corrected chi connectivity index (χ2v) is 6.78. The number of hydrogen-bond acceptors (Lipinski definition) is 4. The second-order valence-electron chi connectivity index (χ2n) is 6.78. The van der Waals surface area contributed by atoms with Crippen LogP contribution in [0, 0.1) is 0 Å². The summed E-state index contributed by atoms with van der Waals surface area (Å²) in [5.41, 5.74) is 0.0837. The average Bonchev–Trinajstić information content (AvgIpc) is 2.54. The Hall–Kier alpha value is -2.24. The third-order valence-electron chi connectivity index (χ3n) is 3.27. The highest BCUT2D eigenvalue weighted by Gasteiger charge is 2.34.